The fraction of sp³-hybridized carbons (Fsp3) is 0.500. The van der Waals surface area contributed by atoms with E-state index in [4.69, 9.17) is 12.2 Å². The molecular weight excluding hydrogens is 204 g/mol. The van der Waals surface area contributed by atoms with Crippen LogP contribution in [0.2, 0.25) is 0 Å². The van der Waals surface area contributed by atoms with E-state index >= 15 is 0 Å². The lowest BCUT2D eigenvalue weighted by Crippen LogP contribution is -2.24. The molecule has 0 saturated carbocycles. The summed E-state index contributed by atoms with van der Waals surface area (Å²) >= 11 is 5.24. The van der Waals surface area contributed by atoms with Crippen LogP contribution in [-0.4, -0.2) is 16.5 Å². The molecule has 0 aliphatic heterocycles. The Hall–Kier alpha value is -0.960. The van der Waals surface area contributed by atoms with E-state index in [1.165, 1.54) is 12.8 Å². The number of rotatable bonds is 5. The van der Waals surface area contributed by atoms with Crippen LogP contribution in [0.1, 0.15) is 31.2 Å². The van der Waals surface area contributed by atoms with Crippen LogP contribution in [0.3, 0.4) is 0 Å². The van der Waals surface area contributed by atoms with Gasteiger partial charge in [0.2, 0.25) is 0 Å². The summed E-state index contributed by atoms with van der Waals surface area (Å²) in [5.41, 5.74) is 2.09. The van der Waals surface area contributed by atoms with E-state index < -0.39 is 0 Å². The fourth-order valence-corrected chi connectivity index (χ4v) is 1.58. The molecule has 0 aromatic carbocycles. The van der Waals surface area contributed by atoms with Crippen LogP contribution in [-0.2, 0) is 6.42 Å². The molecule has 0 fully saturated rings. The highest BCUT2D eigenvalue weighted by Crippen LogP contribution is 1.99. The first-order valence-corrected chi connectivity index (χ1v) is 5.82. The van der Waals surface area contributed by atoms with Gasteiger partial charge in [0.25, 0.3) is 0 Å². The molecule has 15 heavy (non-hydrogen) atoms. The van der Waals surface area contributed by atoms with Gasteiger partial charge in [0.15, 0.2) is 0 Å². The number of hydrogen-bond acceptors (Lipinski definition) is 2. The number of aromatic nitrogens is 1. The summed E-state index contributed by atoms with van der Waals surface area (Å²) in [7, 11) is 0. The average Bonchev–Trinajstić information content (AvgIpc) is 2.18. The third-order valence-corrected chi connectivity index (χ3v) is 2.43. The van der Waals surface area contributed by atoms with Crippen molar-refractivity contribution in [2.45, 2.75) is 33.1 Å². The number of nitrogens with one attached hydrogen (secondary N) is 1. The molecule has 0 aliphatic carbocycles. The van der Waals surface area contributed by atoms with Crippen LogP contribution in [0.5, 0.6) is 0 Å². The van der Waals surface area contributed by atoms with Crippen molar-refractivity contribution in [3.05, 3.63) is 29.6 Å². The summed E-state index contributed by atoms with van der Waals surface area (Å²) in [5.74, 6) is 0. The number of pyridine rings is 1. The minimum atomic E-state index is 0.751. The zero-order valence-corrected chi connectivity index (χ0v) is 10.2. The van der Waals surface area contributed by atoms with Crippen molar-refractivity contribution in [1.29, 1.82) is 0 Å². The molecule has 1 aromatic heterocycles. The van der Waals surface area contributed by atoms with Gasteiger partial charge in [-0.15, -0.1) is 0 Å². The van der Waals surface area contributed by atoms with Crippen molar-refractivity contribution in [3.63, 3.8) is 0 Å². The van der Waals surface area contributed by atoms with Gasteiger partial charge in [0, 0.05) is 24.4 Å². The standard InChI is InChI=1S/C12H18N2S/c1-3-4-8-13-12(15)9-11-7-5-6-10(2)14-11/h5-7H,3-4,8-9H2,1-2H3,(H,13,15). The summed E-state index contributed by atoms with van der Waals surface area (Å²) in [6.45, 7) is 5.14. The maximum Gasteiger partial charge on any atom is 0.0813 e. The summed E-state index contributed by atoms with van der Waals surface area (Å²) in [4.78, 5) is 5.30. The van der Waals surface area contributed by atoms with Gasteiger partial charge in [-0.05, 0) is 25.5 Å². The molecular formula is C12H18N2S. The van der Waals surface area contributed by atoms with Crippen molar-refractivity contribution < 1.29 is 0 Å². The van der Waals surface area contributed by atoms with E-state index in [-0.39, 0.29) is 0 Å². The van der Waals surface area contributed by atoms with Crippen molar-refractivity contribution >= 4 is 17.2 Å². The maximum absolute atomic E-state index is 5.24. The quantitative estimate of drug-likeness (QED) is 0.612. The highest BCUT2D eigenvalue weighted by atomic mass is 32.1. The van der Waals surface area contributed by atoms with Crippen molar-refractivity contribution in [2.75, 3.05) is 6.54 Å². The first-order chi connectivity index (χ1) is 7.22. The normalized spacial score (nSPS) is 10.0. The Labute approximate surface area is 97.1 Å². The fourth-order valence-electron chi connectivity index (χ4n) is 1.33. The highest BCUT2D eigenvalue weighted by molar-refractivity contribution is 7.80. The zero-order valence-electron chi connectivity index (χ0n) is 9.42. The topological polar surface area (TPSA) is 24.9 Å². The molecule has 82 valence electrons. The second kappa shape index (κ2) is 6.51. The molecule has 1 N–H and O–H groups in total. The number of nitrogens with zero attached hydrogens (tertiary/aromatic N) is 1. The van der Waals surface area contributed by atoms with Crippen molar-refractivity contribution in [3.8, 4) is 0 Å². The van der Waals surface area contributed by atoms with E-state index in [1.54, 1.807) is 0 Å². The number of aryl methyl sites for hydroxylation is 1. The lowest BCUT2D eigenvalue weighted by Gasteiger charge is -2.06. The molecule has 0 amide bonds. The van der Waals surface area contributed by atoms with E-state index in [0.29, 0.717) is 0 Å². The van der Waals surface area contributed by atoms with E-state index in [0.717, 1.165) is 29.3 Å². The van der Waals surface area contributed by atoms with Crippen LogP contribution in [0.25, 0.3) is 0 Å². The van der Waals surface area contributed by atoms with Gasteiger partial charge < -0.3 is 5.32 Å². The molecule has 0 aliphatic rings. The van der Waals surface area contributed by atoms with Crippen molar-refractivity contribution in [1.82, 2.24) is 10.3 Å². The van der Waals surface area contributed by atoms with Gasteiger partial charge in [-0.25, -0.2) is 0 Å². The van der Waals surface area contributed by atoms with Gasteiger partial charge in [0.05, 0.1) is 4.99 Å². The van der Waals surface area contributed by atoms with E-state index in [2.05, 4.69) is 17.2 Å². The molecule has 0 spiro atoms. The molecule has 0 saturated heterocycles. The first-order valence-electron chi connectivity index (χ1n) is 5.41. The smallest absolute Gasteiger partial charge is 0.0813 e. The molecule has 0 bridgehead atoms. The number of unbranched alkanes of at least 4 members (excludes halogenated alkanes) is 1. The van der Waals surface area contributed by atoms with Crippen molar-refractivity contribution in [2.24, 2.45) is 0 Å². The highest BCUT2D eigenvalue weighted by Gasteiger charge is 1.99. The number of thiocarbonyl (C=S) groups is 1. The Balaban J connectivity index is 2.37. The molecule has 1 heterocycles. The van der Waals surface area contributed by atoms with Crippen LogP contribution in [0, 0.1) is 6.92 Å². The average molecular weight is 222 g/mol. The lowest BCUT2D eigenvalue weighted by atomic mass is 10.2. The second-order valence-corrected chi connectivity index (χ2v) is 4.14. The Bertz CT molecular complexity index is 323. The monoisotopic (exact) mass is 222 g/mol. The predicted octanol–water partition coefficient (Wildman–Crippen LogP) is 2.65. The summed E-state index contributed by atoms with van der Waals surface area (Å²) < 4.78 is 0. The Morgan fingerprint density at radius 3 is 2.93 bits per heavy atom. The first kappa shape index (κ1) is 12.1. The Morgan fingerprint density at radius 2 is 2.27 bits per heavy atom. The van der Waals surface area contributed by atoms with Gasteiger partial charge >= 0.3 is 0 Å². The minimum Gasteiger partial charge on any atom is -0.379 e. The van der Waals surface area contributed by atoms with Gasteiger partial charge in [0.1, 0.15) is 0 Å². The third kappa shape index (κ3) is 4.88. The van der Waals surface area contributed by atoms with E-state index in [1.807, 2.05) is 25.1 Å². The summed E-state index contributed by atoms with van der Waals surface area (Å²) in [6.07, 6.45) is 3.11. The Kier molecular flexibility index (Phi) is 5.26. The molecule has 0 radical (unpaired) electrons. The third-order valence-electron chi connectivity index (χ3n) is 2.14. The maximum atomic E-state index is 5.24. The summed E-state index contributed by atoms with van der Waals surface area (Å²) in [5, 5.41) is 3.24. The molecule has 1 rings (SSSR count). The zero-order chi connectivity index (χ0) is 11.1. The molecule has 2 nitrogen and oxygen atoms in total. The van der Waals surface area contributed by atoms with E-state index in [9.17, 15) is 0 Å². The van der Waals surface area contributed by atoms with Gasteiger partial charge in [-0.3, -0.25) is 4.98 Å². The van der Waals surface area contributed by atoms with Crippen LogP contribution in [0.4, 0.5) is 0 Å². The summed E-state index contributed by atoms with van der Waals surface area (Å²) in [6, 6.07) is 6.03. The molecule has 0 atom stereocenters. The second-order valence-electron chi connectivity index (χ2n) is 3.65. The largest absolute Gasteiger partial charge is 0.379 e. The minimum absolute atomic E-state index is 0.751. The van der Waals surface area contributed by atoms with Crippen LogP contribution in [0.15, 0.2) is 18.2 Å². The molecule has 1 aromatic rings. The van der Waals surface area contributed by atoms with Crippen LogP contribution >= 0.6 is 12.2 Å². The van der Waals surface area contributed by atoms with Crippen LogP contribution < -0.4 is 5.32 Å². The number of hydrogen-bond donors (Lipinski definition) is 1. The molecule has 3 heteroatoms. The SMILES string of the molecule is CCCCNC(=S)Cc1cccc(C)n1. The molecule has 0 unspecified atom stereocenters. The Morgan fingerprint density at radius 1 is 1.47 bits per heavy atom. The lowest BCUT2D eigenvalue weighted by molar-refractivity contribution is 0.754. The van der Waals surface area contributed by atoms with Gasteiger partial charge in [-0.1, -0.05) is 31.6 Å². The predicted molar refractivity (Wildman–Crippen MR) is 68.2 cm³/mol. The van der Waals surface area contributed by atoms with Gasteiger partial charge in [-0.2, -0.15) is 0 Å².